The van der Waals surface area contributed by atoms with Gasteiger partial charge in [0.25, 0.3) is 0 Å². The van der Waals surface area contributed by atoms with Gasteiger partial charge in [0.15, 0.2) is 5.65 Å². The van der Waals surface area contributed by atoms with Crippen molar-refractivity contribution >= 4 is 40.3 Å². The topological polar surface area (TPSA) is 87.6 Å². The third-order valence-corrected chi connectivity index (χ3v) is 5.54. The number of imidazole rings is 1. The number of hydrogen-bond donors (Lipinski definition) is 3. The van der Waals surface area contributed by atoms with E-state index in [-0.39, 0.29) is 12.2 Å². The zero-order chi connectivity index (χ0) is 18.8. The largest absolute Gasteiger partial charge is 0.354 e. The maximum atomic E-state index is 12.4. The number of aromatic amines is 1. The Labute approximate surface area is 166 Å². The van der Waals surface area contributed by atoms with Crippen LogP contribution in [0, 0.1) is 5.92 Å². The smallest absolute Gasteiger partial charge is 0.328 e. The normalized spacial score (nSPS) is 17.3. The monoisotopic (exact) mass is 406 g/mol. The Morgan fingerprint density at radius 3 is 2.85 bits per heavy atom. The van der Waals surface area contributed by atoms with E-state index in [0.717, 1.165) is 19.6 Å². The van der Waals surface area contributed by atoms with Gasteiger partial charge in [-0.05, 0) is 44.0 Å². The van der Waals surface area contributed by atoms with Crippen LogP contribution in [0.25, 0.3) is 11.2 Å². The van der Waals surface area contributed by atoms with Crippen molar-refractivity contribution in [3.05, 3.63) is 50.5 Å². The number of aromatic nitrogens is 4. The van der Waals surface area contributed by atoms with Crippen LogP contribution in [0.5, 0.6) is 0 Å². The summed E-state index contributed by atoms with van der Waals surface area (Å²) in [6.07, 6.45) is 3.99. The molecule has 1 aliphatic rings. The van der Waals surface area contributed by atoms with Crippen LogP contribution < -0.4 is 16.3 Å². The molecule has 1 saturated heterocycles. The fourth-order valence-corrected chi connectivity index (χ4v) is 3.87. The molecule has 2 aromatic heterocycles. The first kappa shape index (κ1) is 18.3. The lowest BCUT2D eigenvalue weighted by molar-refractivity contribution is 0.392. The van der Waals surface area contributed by atoms with Gasteiger partial charge >= 0.3 is 5.69 Å². The lowest BCUT2D eigenvalue weighted by Crippen LogP contribution is -2.33. The molecule has 3 N–H and O–H groups in total. The Morgan fingerprint density at radius 2 is 2.11 bits per heavy atom. The summed E-state index contributed by atoms with van der Waals surface area (Å²) in [5.74, 6) is 1.06. The molecule has 0 radical (unpaired) electrons. The van der Waals surface area contributed by atoms with Gasteiger partial charge in [-0.25, -0.2) is 9.78 Å². The van der Waals surface area contributed by atoms with Crippen LogP contribution in [-0.4, -0.2) is 39.2 Å². The number of rotatable bonds is 5. The number of anilines is 1. The number of H-pyrrole nitrogens is 1. The molecule has 0 aliphatic carbocycles. The Balaban J connectivity index is 1.61. The van der Waals surface area contributed by atoms with E-state index in [1.54, 1.807) is 24.4 Å². The van der Waals surface area contributed by atoms with Crippen molar-refractivity contribution in [2.24, 2.45) is 5.92 Å². The molecule has 1 atom stereocenters. The molecular formula is C18H20Cl2N6O. The quantitative estimate of drug-likeness (QED) is 0.606. The fourth-order valence-electron chi connectivity index (χ4n) is 3.35. The van der Waals surface area contributed by atoms with Crippen molar-refractivity contribution in [1.29, 1.82) is 0 Å². The molecule has 3 aromatic rings. The van der Waals surface area contributed by atoms with Crippen LogP contribution in [0.4, 0.5) is 5.95 Å². The van der Waals surface area contributed by atoms with Gasteiger partial charge in [-0.15, -0.1) is 0 Å². The summed E-state index contributed by atoms with van der Waals surface area (Å²) in [5.41, 5.74) is 1.51. The fraction of sp³-hybridized carbons (Fsp3) is 0.389. The van der Waals surface area contributed by atoms with Gasteiger partial charge in [0.1, 0.15) is 5.52 Å². The highest BCUT2D eigenvalue weighted by Crippen LogP contribution is 2.25. The summed E-state index contributed by atoms with van der Waals surface area (Å²) in [6, 6.07) is 5.28. The molecule has 4 rings (SSSR count). The van der Waals surface area contributed by atoms with E-state index in [1.807, 2.05) is 0 Å². The first-order chi connectivity index (χ1) is 13.1. The molecule has 1 aromatic carbocycles. The predicted molar refractivity (Wildman–Crippen MR) is 108 cm³/mol. The molecule has 1 aliphatic heterocycles. The molecule has 0 unspecified atom stereocenters. The second-order valence-electron chi connectivity index (χ2n) is 6.74. The van der Waals surface area contributed by atoms with E-state index < -0.39 is 0 Å². The third kappa shape index (κ3) is 3.95. The van der Waals surface area contributed by atoms with Gasteiger partial charge in [0.05, 0.1) is 12.7 Å². The molecule has 9 heteroatoms. The molecule has 27 heavy (non-hydrogen) atoms. The third-order valence-electron chi connectivity index (χ3n) is 4.84. The minimum atomic E-state index is -0.274. The van der Waals surface area contributed by atoms with Gasteiger partial charge < -0.3 is 15.6 Å². The highest BCUT2D eigenvalue weighted by atomic mass is 35.5. The number of halogens is 2. The first-order valence-electron chi connectivity index (χ1n) is 8.95. The Bertz CT molecular complexity index is 988. The van der Waals surface area contributed by atoms with E-state index in [0.29, 0.717) is 38.6 Å². The van der Waals surface area contributed by atoms with Gasteiger partial charge in [-0.3, -0.25) is 4.57 Å². The van der Waals surface area contributed by atoms with Crippen molar-refractivity contribution in [1.82, 2.24) is 24.8 Å². The maximum absolute atomic E-state index is 12.4. The van der Waals surface area contributed by atoms with Crippen molar-refractivity contribution in [2.75, 3.05) is 25.0 Å². The van der Waals surface area contributed by atoms with Crippen molar-refractivity contribution in [3.63, 3.8) is 0 Å². The van der Waals surface area contributed by atoms with E-state index in [2.05, 4.69) is 25.6 Å². The number of piperidine rings is 1. The average Bonchev–Trinajstić information content (AvgIpc) is 2.98. The second-order valence-corrected chi connectivity index (χ2v) is 7.56. The Morgan fingerprint density at radius 1 is 1.30 bits per heavy atom. The highest BCUT2D eigenvalue weighted by Gasteiger charge is 2.16. The van der Waals surface area contributed by atoms with Crippen molar-refractivity contribution in [3.8, 4) is 0 Å². The van der Waals surface area contributed by atoms with Crippen LogP contribution in [0.15, 0.2) is 29.2 Å². The first-order valence-corrected chi connectivity index (χ1v) is 9.70. The summed E-state index contributed by atoms with van der Waals surface area (Å²) in [6.45, 7) is 3.11. The zero-order valence-corrected chi connectivity index (χ0v) is 16.1. The molecule has 3 heterocycles. The van der Waals surface area contributed by atoms with Crippen LogP contribution in [0.2, 0.25) is 10.0 Å². The highest BCUT2D eigenvalue weighted by molar-refractivity contribution is 6.36. The van der Waals surface area contributed by atoms with Crippen molar-refractivity contribution in [2.45, 2.75) is 19.4 Å². The number of hydrogen-bond acceptors (Lipinski definition) is 5. The minimum absolute atomic E-state index is 0.236. The van der Waals surface area contributed by atoms with E-state index in [4.69, 9.17) is 23.2 Å². The van der Waals surface area contributed by atoms with Gasteiger partial charge in [-0.1, -0.05) is 29.3 Å². The standard InChI is InChI=1S/C18H20Cl2N6O/c19-13-4-1-5-14(20)12(13)10-26-16-15(24-18(26)27)9-23-17(25-16)22-8-11-3-2-6-21-7-11/h1,4-5,9,11,21H,2-3,6-8,10H2,(H,24,27)(H,22,23,25)/t11-/m0/s1. The van der Waals surface area contributed by atoms with Crippen LogP contribution in [0.3, 0.4) is 0 Å². The van der Waals surface area contributed by atoms with Gasteiger partial charge in [0, 0.05) is 22.2 Å². The lowest BCUT2D eigenvalue weighted by Gasteiger charge is -2.22. The lowest BCUT2D eigenvalue weighted by atomic mass is 10.00. The Hall–Kier alpha value is -2.09. The van der Waals surface area contributed by atoms with E-state index in [1.165, 1.54) is 17.4 Å². The molecule has 0 saturated carbocycles. The second kappa shape index (κ2) is 7.88. The SMILES string of the molecule is O=c1[nH]c2cnc(NC[C@H]3CCCNC3)nc2n1Cc1c(Cl)cccc1Cl. The summed E-state index contributed by atoms with van der Waals surface area (Å²) < 4.78 is 1.53. The Kier molecular flexibility index (Phi) is 5.33. The summed E-state index contributed by atoms with van der Waals surface area (Å²) in [4.78, 5) is 24.0. The minimum Gasteiger partial charge on any atom is -0.354 e. The summed E-state index contributed by atoms with van der Waals surface area (Å²) in [5, 5.41) is 7.71. The van der Waals surface area contributed by atoms with Crippen molar-refractivity contribution < 1.29 is 0 Å². The molecule has 1 fully saturated rings. The zero-order valence-electron chi connectivity index (χ0n) is 14.6. The summed E-state index contributed by atoms with van der Waals surface area (Å²) >= 11 is 12.5. The average molecular weight is 407 g/mol. The molecular weight excluding hydrogens is 387 g/mol. The van der Waals surface area contributed by atoms with Gasteiger partial charge in [0.2, 0.25) is 5.95 Å². The molecule has 0 bridgehead atoms. The molecule has 7 nitrogen and oxygen atoms in total. The molecule has 0 spiro atoms. The molecule has 142 valence electrons. The van der Waals surface area contributed by atoms with E-state index >= 15 is 0 Å². The van der Waals surface area contributed by atoms with Gasteiger partial charge in [-0.2, -0.15) is 4.98 Å². The number of benzene rings is 1. The number of fused-ring (bicyclic) bond motifs is 1. The van der Waals surface area contributed by atoms with Crippen LogP contribution in [0.1, 0.15) is 18.4 Å². The maximum Gasteiger partial charge on any atom is 0.328 e. The molecule has 0 amide bonds. The predicted octanol–water partition coefficient (Wildman–Crippen LogP) is 2.89. The van der Waals surface area contributed by atoms with Crippen LogP contribution >= 0.6 is 23.2 Å². The number of nitrogens with zero attached hydrogens (tertiary/aromatic N) is 3. The van der Waals surface area contributed by atoms with Crippen LogP contribution in [-0.2, 0) is 6.54 Å². The van der Waals surface area contributed by atoms with E-state index in [9.17, 15) is 4.79 Å². The number of nitrogens with one attached hydrogen (secondary N) is 3. The summed E-state index contributed by atoms with van der Waals surface area (Å²) in [7, 11) is 0.